The predicted molar refractivity (Wildman–Crippen MR) is 59.3 cm³/mol. The average molecular weight is 209 g/mol. The Labute approximate surface area is 91.9 Å². The molecule has 0 aromatic heterocycles. The molecular formula is C11H21N4+. The van der Waals surface area contributed by atoms with Crippen molar-refractivity contribution < 1.29 is 4.48 Å². The van der Waals surface area contributed by atoms with Crippen molar-refractivity contribution in [1.82, 2.24) is 14.7 Å². The van der Waals surface area contributed by atoms with Crippen LogP contribution in [-0.4, -0.2) is 65.7 Å². The molecule has 4 aliphatic heterocycles. The van der Waals surface area contributed by atoms with E-state index in [4.69, 9.17) is 0 Å². The maximum Gasteiger partial charge on any atom is 0.139 e. The summed E-state index contributed by atoms with van der Waals surface area (Å²) in [5.41, 5.74) is 1.53. The highest BCUT2D eigenvalue weighted by molar-refractivity contribution is 4.96. The second-order valence-electron chi connectivity index (χ2n) is 5.50. The van der Waals surface area contributed by atoms with E-state index >= 15 is 0 Å². The third-order valence-electron chi connectivity index (χ3n) is 3.78. The molecule has 4 aliphatic rings. The van der Waals surface area contributed by atoms with Gasteiger partial charge in [-0.3, -0.25) is 4.48 Å². The molecule has 4 fully saturated rings. The van der Waals surface area contributed by atoms with E-state index in [0.29, 0.717) is 0 Å². The minimum absolute atomic E-state index is 1.19. The van der Waals surface area contributed by atoms with E-state index in [2.05, 4.69) is 34.6 Å². The number of rotatable bonds is 2. The first-order valence-corrected chi connectivity index (χ1v) is 5.83. The van der Waals surface area contributed by atoms with Crippen LogP contribution in [-0.2, 0) is 0 Å². The largest absolute Gasteiger partial charge is 0.282 e. The summed E-state index contributed by atoms with van der Waals surface area (Å²) in [6.45, 7) is 12.9. The van der Waals surface area contributed by atoms with Crippen molar-refractivity contribution in [3.8, 4) is 0 Å². The Balaban J connectivity index is 1.81. The highest BCUT2D eigenvalue weighted by Gasteiger charge is 2.48. The average Bonchev–Trinajstić information content (AvgIpc) is 2.14. The summed E-state index contributed by atoms with van der Waals surface area (Å²) in [5.74, 6) is 0. The molecule has 0 aliphatic carbocycles. The molecule has 0 aromatic rings. The number of quaternary nitrogens is 1. The fourth-order valence-corrected chi connectivity index (χ4v) is 3.43. The Kier molecular flexibility index (Phi) is 2.14. The molecule has 4 saturated heterocycles. The van der Waals surface area contributed by atoms with Gasteiger partial charge in [-0.05, 0) is 19.4 Å². The fourth-order valence-electron chi connectivity index (χ4n) is 3.43. The van der Waals surface area contributed by atoms with Gasteiger partial charge in [-0.2, -0.15) is 0 Å². The third kappa shape index (κ3) is 1.61. The minimum Gasteiger partial charge on any atom is -0.282 e. The van der Waals surface area contributed by atoms with E-state index in [1.165, 1.54) is 56.6 Å². The summed E-state index contributed by atoms with van der Waals surface area (Å²) < 4.78 is 1.23. The van der Waals surface area contributed by atoms with Crippen molar-refractivity contribution in [2.24, 2.45) is 0 Å². The minimum atomic E-state index is 1.19. The van der Waals surface area contributed by atoms with Gasteiger partial charge >= 0.3 is 0 Å². The third-order valence-corrected chi connectivity index (χ3v) is 3.78. The van der Waals surface area contributed by atoms with Crippen LogP contribution in [0.25, 0.3) is 0 Å². The van der Waals surface area contributed by atoms with Crippen molar-refractivity contribution in [3.05, 3.63) is 11.6 Å². The molecule has 0 radical (unpaired) electrons. The van der Waals surface area contributed by atoms with Crippen LogP contribution in [0.2, 0.25) is 0 Å². The second kappa shape index (κ2) is 3.28. The second-order valence-corrected chi connectivity index (χ2v) is 5.50. The lowest BCUT2D eigenvalue weighted by atomic mass is 10.2. The van der Waals surface area contributed by atoms with Gasteiger partial charge in [0.25, 0.3) is 0 Å². The summed E-state index contributed by atoms with van der Waals surface area (Å²) in [7, 11) is 0. The molecule has 4 nitrogen and oxygen atoms in total. The van der Waals surface area contributed by atoms with Gasteiger partial charge in [0.2, 0.25) is 0 Å². The quantitative estimate of drug-likeness (QED) is 0.483. The van der Waals surface area contributed by atoms with Gasteiger partial charge in [0.05, 0.1) is 20.0 Å². The topological polar surface area (TPSA) is 9.72 Å². The van der Waals surface area contributed by atoms with Crippen molar-refractivity contribution in [3.63, 3.8) is 0 Å². The van der Waals surface area contributed by atoms with Crippen LogP contribution < -0.4 is 0 Å². The van der Waals surface area contributed by atoms with Gasteiger partial charge < -0.3 is 0 Å². The van der Waals surface area contributed by atoms with E-state index in [9.17, 15) is 0 Å². The Bertz CT molecular complexity index is 262. The zero-order chi connectivity index (χ0) is 10.5. The van der Waals surface area contributed by atoms with Crippen LogP contribution in [0.5, 0.6) is 0 Å². The SMILES string of the molecule is C/C=C(\C)C[N+]12CN3CN(CN(C3)C1)C2. The maximum atomic E-state index is 2.57. The van der Waals surface area contributed by atoms with Crippen LogP contribution in [0.1, 0.15) is 13.8 Å². The normalized spacial score (nSPS) is 48.7. The lowest BCUT2D eigenvalue weighted by Gasteiger charge is -2.60. The molecule has 15 heavy (non-hydrogen) atoms. The highest BCUT2D eigenvalue weighted by atomic mass is 15.7. The first kappa shape index (κ1) is 9.78. The summed E-state index contributed by atoms with van der Waals surface area (Å²) >= 11 is 0. The molecule has 0 saturated carbocycles. The van der Waals surface area contributed by atoms with Crippen LogP contribution in [0.3, 0.4) is 0 Å². The summed E-state index contributed by atoms with van der Waals surface area (Å²) in [5, 5.41) is 0. The van der Waals surface area contributed by atoms with Crippen molar-refractivity contribution in [2.45, 2.75) is 13.8 Å². The van der Waals surface area contributed by atoms with Crippen molar-refractivity contribution in [2.75, 3.05) is 46.6 Å². The Hall–Kier alpha value is -0.420. The van der Waals surface area contributed by atoms with Gasteiger partial charge in [0.15, 0.2) is 0 Å². The summed E-state index contributed by atoms with van der Waals surface area (Å²) in [4.78, 5) is 7.71. The van der Waals surface area contributed by atoms with Crippen molar-refractivity contribution in [1.29, 1.82) is 0 Å². The van der Waals surface area contributed by atoms with E-state index in [1.807, 2.05) is 0 Å². The monoisotopic (exact) mass is 209 g/mol. The molecular weight excluding hydrogens is 188 g/mol. The molecule has 0 aromatic carbocycles. The Morgan fingerprint density at radius 2 is 1.53 bits per heavy atom. The number of nitrogens with zero attached hydrogens (tertiary/aromatic N) is 4. The van der Waals surface area contributed by atoms with Crippen LogP contribution in [0, 0.1) is 0 Å². The molecule has 0 atom stereocenters. The molecule has 0 amide bonds. The summed E-state index contributed by atoms with van der Waals surface area (Å²) in [6, 6.07) is 0. The Morgan fingerprint density at radius 3 is 1.93 bits per heavy atom. The molecule has 0 unspecified atom stereocenters. The zero-order valence-electron chi connectivity index (χ0n) is 9.82. The molecule has 84 valence electrons. The molecule has 4 heterocycles. The van der Waals surface area contributed by atoms with E-state index in [0.717, 1.165) is 0 Å². The summed E-state index contributed by atoms with van der Waals surface area (Å²) in [6.07, 6.45) is 2.26. The van der Waals surface area contributed by atoms with Crippen LogP contribution >= 0.6 is 0 Å². The van der Waals surface area contributed by atoms with E-state index < -0.39 is 0 Å². The molecule has 0 N–H and O–H groups in total. The van der Waals surface area contributed by atoms with Crippen LogP contribution in [0.4, 0.5) is 0 Å². The predicted octanol–water partition coefficient (Wildman–Crippen LogP) is 0.461. The van der Waals surface area contributed by atoms with Gasteiger partial charge in [-0.1, -0.05) is 6.08 Å². The van der Waals surface area contributed by atoms with Crippen molar-refractivity contribution >= 4 is 0 Å². The van der Waals surface area contributed by atoms with Crippen LogP contribution in [0.15, 0.2) is 11.6 Å². The van der Waals surface area contributed by atoms with Gasteiger partial charge in [-0.15, -0.1) is 0 Å². The van der Waals surface area contributed by atoms with Gasteiger partial charge in [-0.25, -0.2) is 14.7 Å². The zero-order valence-corrected chi connectivity index (χ0v) is 9.82. The lowest BCUT2D eigenvalue weighted by Crippen LogP contribution is -2.79. The number of allylic oxidation sites excluding steroid dienone is 1. The van der Waals surface area contributed by atoms with Gasteiger partial charge in [0, 0.05) is 0 Å². The molecule has 0 spiro atoms. The lowest BCUT2D eigenvalue weighted by molar-refractivity contribution is -0.976. The van der Waals surface area contributed by atoms with E-state index in [1.54, 1.807) is 0 Å². The molecule has 4 bridgehead atoms. The van der Waals surface area contributed by atoms with E-state index in [-0.39, 0.29) is 0 Å². The number of hydrogen-bond donors (Lipinski definition) is 0. The van der Waals surface area contributed by atoms with Gasteiger partial charge in [0.1, 0.15) is 26.6 Å². The molecule has 4 rings (SSSR count). The Morgan fingerprint density at radius 1 is 1.07 bits per heavy atom. The maximum absolute atomic E-state index is 2.57. The smallest absolute Gasteiger partial charge is 0.139 e. The fraction of sp³-hybridized carbons (Fsp3) is 0.818. The first-order chi connectivity index (χ1) is 7.19. The molecule has 4 heteroatoms. The number of hydrogen-bond acceptors (Lipinski definition) is 3. The highest BCUT2D eigenvalue weighted by Crippen LogP contribution is 2.29. The standard InChI is InChI=1S/C11H21N4/c1-3-11(2)4-15-8-12-5-13(9-15)7-14(6-12)10-15/h3H,4-10H2,1-2H3/q+1/b11-3+. The first-order valence-electron chi connectivity index (χ1n) is 5.83.